The van der Waals surface area contributed by atoms with Crippen molar-refractivity contribution in [3.8, 4) is 0 Å². The van der Waals surface area contributed by atoms with Gasteiger partial charge in [-0.25, -0.2) is 4.79 Å². The zero-order valence-corrected chi connectivity index (χ0v) is 14.3. The van der Waals surface area contributed by atoms with Crippen molar-refractivity contribution in [2.24, 2.45) is 0 Å². The van der Waals surface area contributed by atoms with Crippen molar-refractivity contribution >= 4 is 34.9 Å². The highest BCUT2D eigenvalue weighted by molar-refractivity contribution is 6.33. The maximum atomic E-state index is 12.0. The number of nitro groups is 1. The molecule has 0 bridgehead atoms. The second kappa shape index (κ2) is 7.76. The van der Waals surface area contributed by atoms with Crippen molar-refractivity contribution in [3.63, 3.8) is 0 Å². The maximum Gasteiger partial charge on any atom is 0.340 e. The number of carbonyl (C=O) groups is 2. The average molecular weight is 363 g/mol. The molecule has 2 rings (SSSR count). The van der Waals surface area contributed by atoms with Crippen LogP contribution in [0.15, 0.2) is 36.4 Å². The zero-order valence-electron chi connectivity index (χ0n) is 13.5. The summed E-state index contributed by atoms with van der Waals surface area (Å²) in [4.78, 5) is 34.1. The lowest BCUT2D eigenvalue weighted by atomic mass is 10.1. The number of anilines is 1. The Labute approximate surface area is 148 Å². The van der Waals surface area contributed by atoms with Gasteiger partial charge in [0.1, 0.15) is 0 Å². The van der Waals surface area contributed by atoms with Gasteiger partial charge in [0.15, 0.2) is 6.61 Å². The topological polar surface area (TPSA) is 98.5 Å². The molecule has 0 aliphatic rings. The molecule has 2 aromatic carbocycles. The van der Waals surface area contributed by atoms with Crippen LogP contribution in [0.25, 0.3) is 0 Å². The second-order valence-corrected chi connectivity index (χ2v) is 5.70. The van der Waals surface area contributed by atoms with Gasteiger partial charge in [-0.3, -0.25) is 14.9 Å². The Morgan fingerprint density at radius 1 is 1.24 bits per heavy atom. The van der Waals surface area contributed by atoms with E-state index in [0.29, 0.717) is 5.69 Å². The number of non-ortho nitro benzene ring substituents is 1. The molecule has 0 fully saturated rings. The van der Waals surface area contributed by atoms with Crippen LogP contribution in [0, 0.1) is 24.0 Å². The Bertz CT molecular complexity index is 851. The van der Waals surface area contributed by atoms with E-state index in [-0.39, 0.29) is 16.3 Å². The number of carbonyl (C=O) groups excluding carboxylic acids is 2. The number of halogens is 1. The first-order valence-electron chi connectivity index (χ1n) is 7.26. The van der Waals surface area contributed by atoms with Crippen molar-refractivity contribution in [1.82, 2.24) is 0 Å². The fraction of sp³-hybridized carbons (Fsp3) is 0.176. The van der Waals surface area contributed by atoms with E-state index in [1.807, 2.05) is 19.9 Å². The third-order valence-corrected chi connectivity index (χ3v) is 3.92. The van der Waals surface area contributed by atoms with E-state index in [9.17, 15) is 19.7 Å². The number of esters is 1. The van der Waals surface area contributed by atoms with Crippen molar-refractivity contribution in [2.75, 3.05) is 11.9 Å². The van der Waals surface area contributed by atoms with Gasteiger partial charge in [-0.05, 0) is 37.1 Å². The number of nitrogens with one attached hydrogen (secondary N) is 1. The monoisotopic (exact) mass is 362 g/mol. The van der Waals surface area contributed by atoms with Crippen LogP contribution in [0.4, 0.5) is 11.4 Å². The molecule has 25 heavy (non-hydrogen) atoms. The molecule has 0 aliphatic heterocycles. The predicted octanol–water partition coefficient (Wildman–Crippen LogP) is 3.66. The van der Waals surface area contributed by atoms with Crippen molar-refractivity contribution < 1.29 is 19.2 Å². The van der Waals surface area contributed by atoms with Crippen LogP contribution in [-0.4, -0.2) is 23.4 Å². The summed E-state index contributed by atoms with van der Waals surface area (Å²) in [5, 5.41) is 13.4. The normalized spacial score (nSPS) is 10.2. The molecule has 0 spiro atoms. The van der Waals surface area contributed by atoms with Crippen LogP contribution >= 0.6 is 11.6 Å². The Morgan fingerprint density at radius 3 is 2.64 bits per heavy atom. The minimum atomic E-state index is -0.912. The van der Waals surface area contributed by atoms with E-state index >= 15 is 0 Å². The van der Waals surface area contributed by atoms with Gasteiger partial charge in [0.05, 0.1) is 15.5 Å². The molecule has 8 heteroatoms. The van der Waals surface area contributed by atoms with Crippen LogP contribution < -0.4 is 5.32 Å². The number of aryl methyl sites for hydroxylation is 1. The quantitative estimate of drug-likeness (QED) is 0.497. The summed E-state index contributed by atoms with van der Waals surface area (Å²) in [5.41, 5.74) is 2.07. The standard InChI is InChI=1S/C17H15ClN2O5/c1-10-4-3-5-15(11(10)2)19-16(21)9-25-17(22)13-8-12(20(23)24)6-7-14(13)18/h3-8H,9H2,1-2H3,(H,19,21). The lowest BCUT2D eigenvalue weighted by molar-refractivity contribution is -0.384. The number of hydrogen-bond donors (Lipinski definition) is 1. The molecular formula is C17H15ClN2O5. The second-order valence-electron chi connectivity index (χ2n) is 5.29. The van der Waals surface area contributed by atoms with Gasteiger partial charge in [-0.15, -0.1) is 0 Å². The van der Waals surface area contributed by atoms with Crippen LogP contribution in [0.1, 0.15) is 21.5 Å². The lowest BCUT2D eigenvalue weighted by Crippen LogP contribution is -2.21. The fourth-order valence-corrected chi connectivity index (χ4v) is 2.26. The van der Waals surface area contributed by atoms with Gasteiger partial charge in [-0.2, -0.15) is 0 Å². The Morgan fingerprint density at radius 2 is 1.96 bits per heavy atom. The van der Waals surface area contributed by atoms with E-state index in [1.54, 1.807) is 12.1 Å². The van der Waals surface area contributed by atoms with E-state index < -0.39 is 23.4 Å². The van der Waals surface area contributed by atoms with Gasteiger partial charge in [-0.1, -0.05) is 23.7 Å². The number of nitrogens with zero attached hydrogens (tertiary/aromatic N) is 1. The first-order valence-corrected chi connectivity index (χ1v) is 7.64. The summed E-state index contributed by atoms with van der Waals surface area (Å²) in [6.45, 7) is 3.24. The summed E-state index contributed by atoms with van der Waals surface area (Å²) in [6, 6.07) is 8.85. The Hall–Kier alpha value is -2.93. The fourth-order valence-electron chi connectivity index (χ4n) is 2.06. The van der Waals surface area contributed by atoms with Crippen LogP contribution in [0.2, 0.25) is 5.02 Å². The minimum Gasteiger partial charge on any atom is -0.452 e. The molecule has 0 atom stereocenters. The summed E-state index contributed by atoms with van der Waals surface area (Å²) in [6.07, 6.45) is 0. The van der Waals surface area contributed by atoms with Crippen LogP contribution in [0.3, 0.4) is 0 Å². The van der Waals surface area contributed by atoms with E-state index in [4.69, 9.17) is 16.3 Å². The third-order valence-electron chi connectivity index (χ3n) is 3.59. The van der Waals surface area contributed by atoms with E-state index in [1.165, 1.54) is 12.1 Å². The van der Waals surface area contributed by atoms with Crippen molar-refractivity contribution in [1.29, 1.82) is 0 Å². The van der Waals surface area contributed by atoms with Crippen molar-refractivity contribution in [2.45, 2.75) is 13.8 Å². The Kier molecular flexibility index (Phi) is 5.71. The van der Waals surface area contributed by atoms with E-state index in [2.05, 4.69) is 5.32 Å². The van der Waals surface area contributed by atoms with Gasteiger partial charge < -0.3 is 10.1 Å². The molecule has 0 aliphatic carbocycles. The van der Waals surface area contributed by atoms with Gasteiger partial charge in [0.2, 0.25) is 0 Å². The largest absolute Gasteiger partial charge is 0.452 e. The van der Waals surface area contributed by atoms with Crippen LogP contribution in [0.5, 0.6) is 0 Å². The van der Waals surface area contributed by atoms with Gasteiger partial charge in [0, 0.05) is 17.8 Å². The highest BCUT2D eigenvalue weighted by atomic mass is 35.5. The minimum absolute atomic E-state index is 0.00513. The van der Waals surface area contributed by atoms with Crippen molar-refractivity contribution in [3.05, 3.63) is 68.2 Å². The molecule has 0 saturated heterocycles. The molecule has 1 N–H and O–H groups in total. The highest BCUT2D eigenvalue weighted by Gasteiger charge is 2.18. The molecule has 1 amide bonds. The number of nitro benzene ring substituents is 1. The molecule has 0 heterocycles. The Balaban J connectivity index is 2.02. The first kappa shape index (κ1) is 18.4. The highest BCUT2D eigenvalue weighted by Crippen LogP contribution is 2.23. The molecule has 0 radical (unpaired) electrons. The summed E-state index contributed by atoms with van der Waals surface area (Å²) < 4.78 is 4.89. The molecule has 2 aromatic rings. The molecular weight excluding hydrogens is 348 g/mol. The van der Waals surface area contributed by atoms with Crippen LogP contribution in [-0.2, 0) is 9.53 Å². The first-order chi connectivity index (χ1) is 11.8. The third kappa shape index (κ3) is 4.54. The summed E-state index contributed by atoms with van der Waals surface area (Å²) in [5.74, 6) is -1.44. The molecule has 7 nitrogen and oxygen atoms in total. The average Bonchev–Trinajstić information content (AvgIpc) is 2.57. The van der Waals surface area contributed by atoms with Gasteiger partial charge in [0.25, 0.3) is 11.6 Å². The molecule has 130 valence electrons. The maximum absolute atomic E-state index is 12.0. The molecule has 0 unspecified atom stereocenters. The molecule has 0 saturated carbocycles. The smallest absolute Gasteiger partial charge is 0.340 e. The molecule has 0 aromatic heterocycles. The number of amides is 1. The summed E-state index contributed by atoms with van der Waals surface area (Å²) in [7, 11) is 0. The van der Waals surface area contributed by atoms with E-state index in [0.717, 1.165) is 17.2 Å². The number of ether oxygens (including phenoxy) is 1. The zero-order chi connectivity index (χ0) is 18.6. The summed E-state index contributed by atoms with van der Waals surface area (Å²) >= 11 is 5.86. The SMILES string of the molecule is Cc1cccc(NC(=O)COC(=O)c2cc([N+](=O)[O-])ccc2Cl)c1C. The van der Waals surface area contributed by atoms with Gasteiger partial charge >= 0.3 is 5.97 Å². The number of hydrogen-bond acceptors (Lipinski definition) is 5. The predicted molar refractivity (Wildman–Crippen MR) is 92.9 cm³/mol. The number of rotatable bonds is 5. The number of benzene rings is 2. The lowest BCUT2D eigenvalue weighted by Gasteiger charge is -2.11.